The van der Waals surface area contributed by atoms with Crippen LogP contribution < -0.4 is 4.74 Å². The summed E-state index contributed by atoms with van der Waals surface area (Å²) in [6, 6.07) is 5.51. The van der Waals surface area contributed by atoms with E-state index in [4.69, 9.17) is 9.84 Å². The maximum atomic E-state index is 11.1. The lowest BCUT2D eigenvalue weighted by Crippen LogP contribution is -2.37. The first-order valence-electron chi connectivity index (χ1n) is 7.31. The fraction of sp³-hybridized carbons (Fsp3) is 0.562. The lowest BCUT2D eigenvalue weighted by Gasteiger charge is -2.20. The fourth-order valence-electron chi connectivity index (χ4n) is 2.86. The second-order valence-corrected chi connectivity index (χ2v) is 5.76. The average Bonchev–Trinajstić information content (AvgIpc) is 2.75. The predicted octanol–water partition coefficient (Wildman–Crippen LogP) is 1.59. The van der Waals surface area contributed by atoms with E-state index in [-0.39, 0.29) is 0 Å². The van der Waals surface area contributed by atoms with Crippen LogP contribution in [0.25, 0.3) is 0 Å². The molecule has 0 aromatic heterocycles. The van der Waals surface area contributed by atoms with Gasteiger partial charge < -0.3 is 14.9 Å². The molecule has 1 saturated heterocycles. The molecule has 0 aliphatic carbocycles. The molecule has 2 atom stereocenters. The summed E-state index contributed by atoms with van der Waals surface area (Å²) in [6.07, 6.45) is 0.517. The number of carboxylic acids is 1. The Morgan fingerprint density at radius 3 is 2.62 bits per heavy atom. The number of aliphatic carboxylic acids is 1. The van der Waals surface area contributed by atoms with Crippen LogP contribution >= 0.6 is 0 Å². The van der Waals surface area contributed by atoms with Gasteiger partial charge in [0.25, 0.3) is 0 Å². The molecular weight excluding hydrogens is 270 g/mol. The number of aliphatic hydroxyl groups excluding tert-OH is 1. The van der Waals surface area contributed by atoms with Crippen LogP contribution in [0.3, 0.4) is 0 Å². The van der Waals surface area contributed by atoms with Crippen molar-refractivity contribution in [2.75, 3.05) is 19.7 Å². The molecule has 1 aliphatic rings. The zero-order valence-corrected chi connectivity index (χ0v) is 12.6. The molecule has 0 spiro atoms. The van der Waals surface area contributed by atoms with Crippen molar-refractivity contribution >= 4 is 5.97 Å². The molecule has 1 fully saturated rings. The number of aryl methyl sites for hydroxylation is 2. The van der Waals surface area contributed by atoms with E-state index >= 15 is 0 Å². The summed E-state index contributed by atoms with van der Waals surface area (Å²) >= 11 is 0. The van der Waals surface area contributed by atoms with Crippen LogP contribution in [-0.2, 0) is 4.79 Å². The Bertz CT molecular complexity index is 483. The van der Waals surface area contributed by atoms with Gasteiger partial charge in [0.2, 0.25) is 0 Å². The molecule has 0 saturated carbocycles. The van der Waals surface area contributed by atoms with Gasteiger partial charge in [-0.1, -0.05) is 6.07 Å². The van der Waals surface area contributed by atoms with Crippen molar-refractivity contribution in [2.45, 2.75) is 38.8 Å². The molecule has 0 radical (unpaired) electrons. The summed E-state index contributed by atoms with van der Waals surface area (Å²) in [5.74, 6) is -0.00878. The number of hydrogen-bond donors (Lipinski definition) is 2. The molecule has 0 bridgehead atoms. The van der Waals surface area contributed by atoms with Gasteiger partial charge in [-0.15, -0.1) is 0 Å². The quantitative estimate of drug-likeness (QED) is 0.780. The Hall–Kier alpha value is -1.59. The molecule has 1 aromatic rings. The number of carbonyl (C=O) groups is 1. The second kappa shape index (κ2) is 6.91. The lowest BCUT2D eigenvalue weighted by atomic mass is 10.1. The zero-order chi connectivity index (χ0) is 15.4. The molecular formula is C16H23NO4. The number of aliphatic hydroxyl groups is 1. The minimum Gasteiger partial charge on any atom is -0.494 e. The normalized spacial score (nSPS) is 22.4. The Kier molecular flexibility index (Phi) is 5.20. The minimum atomic E-state index is -0.859. The van der Waals surface area contributed by atoms with Crippen molar-refractivity contribution in [2.24, 2.45) is 0 Å². The average molecular weight is 293 g/mol. The lowest BCUT2D eigenvalue weighted by molar-refractivity contribution is -0.142. The minimum absolute atomic E-state index is 0.313. The highest BCUT2D eigenvalue weighted by molar-refractivity contribution is 5.74. The molecule has 2 unspecified atom stereocenters. The first kappa shape index (κ1) is 15.8. The fourth-order valence-corrected chi connectivity index (χ4v) is 2.86. The maximum Gasteiger partial charge on any atom is 0.321 e. The third-order valence-corrected chi connectivity index (χ3v) is 3.72. The number of nitrogens with zero attached hydrogens (tertiary/aromatic N) is 1. The molecule has 0 amide bonds. The molecule has 5 heteroatoms. The van der Waals surface area contributed by atoms with Crippen LogP contribution in [0.1, 0.15) is 24.0 Å². The number of benzene rings is 1. The summed E-state index contributed by atoms with van der Waals surface area (Å²) in [7, 11) is 0. The van der Waals surface area contributed by atoms with E-state index in [1.807, 2.05) is 30.9 Å². The molecule has 116 valence electrons. The van der Waals surface area contributed by atoms with Crippen LogP contribution in [0.5, 0.6) is 5.75 Å². The topological polar surface area (TPSA) is 70.0 Å². The third kappa shape index (κ3) is 4.44. The second-order valence-electron chi connectivity index (χ2n) is 5.76. The van der Waals surface area contributed by atoms with E-state index in [1.165, 1.54) is 11.1 Å². The van der Waals surface area contributed by atoms with Crippen molar-refractivity contribution in [3.63, 3.8) is 0 Å². The van der Waals surface area contributed by atoms with E-state index in [0.717, 1.165) is 12.2 Å². The highest BCUT2D eigenvalue weighted by atomic mass is 16.5. The van der Waals surface area contributed by atoms with Gasteiger partial charge in [-0.05, 0) is 43.5 Å². The standard InChI is InChI=1S/C16H23NO4/c1-11-6-12(2)8-14(7-11)21-5-3-4-17-10-13(18)9-15(17)16(19)20/h6-8,13,15,18H,3-5,9-10H2,1-2H3,(H,19,20). The molecule has 5 nitrogen and oxygen atoms in total. The van der Waals surface area contributed by atoms with E-state index in [1.54, 1.807) is 0 Å². The summed E-state index contributed by atoms with van der Waals surface area (Å²) < 4.78 is 5.71. The zero-order valence-electron chi connectivity index (χ0n) is 12.6. The van der Waals surface area contributed by atoms with Crippen LogP contribution in [0.4, 0.5) is 0 Å². The molecule has 2 N–H and O–H groups in total. The van der Waals surface area contributed by atoms with Gasteiger partial charge in [-0.2, -0.15) is 0 Å². The van der Waals surface area contributed by atoms with Crippen LogP contribution in [0, 0.1) is 13.8 Å². The SMILES string of the molecule is Cc1cc(C)cc(OCCCN2CC(O)CC2C(=O)O)c1. The smallest absolute Gasteiger partial charge is 0.321 e. The van der Waals surface area contributed by atoms with Crippen LogP contribution in [0.15, 0.2) is 18.2 Å². The molecule has 1 heterocycles. The van der Waals surface area contributed by atoms with Crippen molar-refractivity contribution in [1.82, 2.24) is 4.90 Å². The van der Waals surface area contributed by atoms with Crippen molar-refractivity contribution in [1.29, 1.82) is 0 Å². The van der Waals surface area contributed by atoms with E-state index in [9.17, 15) is 9.90 Å². The largest absolute Gasteiger partial charge is 0.494 e. The highest BCUT2D eigenvalue weighted by Crippen LogP contribution is 2.19. The molecule has 1 aromatic carbocycles. The first-order chi connectivity index (χ1) is 9.95. The van der Waals surface area contributed by atoms with Crippen molar-refractivity contribution in [3.8, 4) is 5.75 Å². The summed E-state index contributed by atoms with van der Waals surface area (Å²) in [6.45, 7) is 5.66. The number of hydrogen-bond acceptors (Lipinski definition) is 4. The van der Waals surface area contributed by atoms with E-state index in [2.05, 4.69) is 6.07 Å². The highest BCUT2D eigenvalue weighted by Gasteiger charge is 2.35. The first-order valence-corrected chi connectivity index (χ1v) is 7.31. The Morgan fingerprint density at radius 2 is 2.00 bits per heavy atom. The van der Waals surface area contributed by atoms with Crippen molar-refractivity contribution < 1.29 is 19.7 Å². The van der Waals surface area contributed by atoms with Crippen LogP contribution in [-0.4, -0.2) is 52.9 Å². The summed E-state index contributed by atoms with van der Waals surface area (Å²) in [5.41, 5.74) is 2.33. The molecule has 1 aliphatic heterocycles. The Morgan fingerprint density at radius 1 is 1.33 bits per heavy atom. The Labute approximate surface area is 125 Å². The van der Waals surface area contributed by atoms with E-state index < -0.39 is 18.1 Å². The maximum absolute atomic E-state index is 11.1. The van der Waals surface area contributed by atoms with Gasteiger partial charge in [0, 0.05) is 19.5 Å². The van der Waals surface area contributed by atoms with Gasteiger partial charge >= 0.3 is 5.97 Å². The Balaban J connectivity index is 1.78. The molecule has 21 heavy (non-hydrogen) atoms. The third-order valence-electron chi connectivity index (χ3n) is 3.72. The summed E-state index contributed by atoms with van der Waals surface area (Å²) in [4.78, 5) is 12.9. The van der Waals surface area contributed by atoms with Crippen molar-refractivity contribution in [3.05, 3.63) is 29.3 Å². The van der Waals surface area contributed by atoms with Gasteiger partial charge in [-0.25, -0.2) is 0 Å². The predicted molar refractivity (Wildman–Crippen MR) is 79.6 cm³/mol. The number of rotatable bonds is 6. The number of β-amino-alcohol motifs (C(OH)–C–C–N with tert-alkyl or cyclic N) is 1. The van der Waals surface area contributed by atoms with Gasteiger partial charge in [0.1, 0.15) is 11.8 Å². The monoisotopic (exact) mass is 293 g/mol. The van der Waals surface area contributed by atoms with Gasteiger partial charge in [0.05, 0.1) is 12.7 Å². The van der Waals surface area contributed by atoms with E-state index in [0.29, 0.717) is 26.1 Å². The number of carboxylic acid groups (broad SMARTS) is 1. The van der Waals surface area contributed by atoms with Gasteiger partial charge in [0.15, 0.2) is 0 Å². The van der Waals surface area contributed by atoms with Gasteiger partial charge in [-0.3, -0.25) is 9.69 Å². The number of likely N-dealkylation sites (tertiary alicyclic amines) is 1. The molecule has 2 rings (SSSR count). The summed E-state index contributed by atoms with van der Waals surface area (Å²) in [5, 5.41) is 18.7. The number of ether oxygens (including phenoxy) is 1. The van der Waals surface area contributed by atoms with Crippen LogP contribution in [0.2, 0.25) is 0 Å².